The lowest BCUT2D eigenvalue weighted by atomic mass is 10.3. The van der Waals surface area contributed by atoms with Crippen LogP contribution in [0.15, 0.2) is 24.3 Å². The Bertz CT molecular complexity index is 243. The molecule has 1 aromatic rings. The highest BCUT2D eigenvalue weighted by molar-refractivity contribution is 6.30. The van der Waals surface area contributed by atoms with Crippen molar-refractivity contribution in [2.75, 3.05) is 6.61 Å². The summed E-state index contributed by atoms with van der Waals surface area (Å²) in [5, 5.41) is 0.678. The highest BCUT2D eigenvalue weighted by Crippen LogP contribution is 2.15. The second-order valence-corrected chi connectivity index (χ2v) is 2.69. The molecule has 0 aliphatic carbocycles. The highest BCUT2D eigenvalue weighted by atomic mass is 35.5. The van der Waals surface area contributed by atoms with E-state index in [1.165, 1.54) is 0 Å². The van der Waals surface area contributed by atoms with E-state index in [1.54, 1.807) is 24.3 Å². The Kier molecular flexibility index (Phi) is 3.61. The molecule has 0 fully saturated rings. The van der Waals surface area contributed by atoms with E-state index >= 15 is 0 Å². The van der Waals surface area contributed by atoms with Crippen molar-refractivity contribution in [3.8, 4) is 5.75 Å². The Morgan fingerprint density at radius 3 is 2.58 bits per heavy atom. The van der Waals surface area contributed by atoms with Gasteiger partial charge in [-0.05, 0) is 24.3 Å². The summed E-state index contributed by atoms with van der Waals surface area (Å²) in [6, 6.07) is 7.04. The van der Waals surface area contributed by atoms with Gasteiger partial charge in [0.25, 0.3) is 0 Å². The van der Waals surface area contributed by atoms with E-state index < -0.39 is 0 Å². The summed E-state index contributed by atoms with van der Waals surface area (Å²) in [6.07, 6.45) is 1.25. The SMILES string of the molecule is O=CCCOc1ccc(Cl)cc1. The van der Waals surface area contributed by atoms with Gasteiger partial charge in [0.1, 0.15) is 12.0 Å². The number of rotatable bonds is 4. The number of aldehydes is 1. The van der Waals surface area contributed by atoms with Crippen LogP contribution in [-0.4, -0.2) is 12.9 Å². The molecule has 0 saturated heterocycles. The van der Waals surface area contributed by atoms with E-state index in [0.717, 1.165) is 12.0 Å². The molecule has 2 nitrogen and oxygen atoms in total. The molecule has 0 unspecified atom stereocenters. The van der Waals surface area contributed by atoms with Gasteiger partial charge in [-0.2, -0.15) is 0 Å². The van der Waals surface area contributed by atoms with Crippen LogP contribution in [0.4, 0.5) is 0 Å². The van der Waals surface area contributed by atoms with Gasteiger partial charge >= 0.3 is 0 Å². The maximum absolute atomic E-state index is 9.95. The topological polar surface area (TPSA) is 26.3 Å². The number of benzene rings is 1. The van der Waals surface area contributed by atoms with Crippen molar-refractivity contribution < 1.29 is 9.53 Å². The molecule has 0 N–H and O–H groups in total. The largest absolute Gasteiger partial charge is 0.493 e. The Morgan fingerprint density at radius 1 is 1.33 bits per heavy atom. The van der Waals surface area contributed by atoms with Crippen molar-refractivity contribution >= 4 is 17.9 Å². The third-order valence-electron chi connectivity index (χ3n) is 1.32. The first-order valence-corrected chi connectivity index (χ1v) is 4.03. The van der Waals surface area contributed by atoms with Crippen molar-refractivity contribution in [1.82, 2.24) is 0 Å². The average Bonchev–Trinajstić information content (AvgIpc) is 2.09. The van der Waals surface area contributed by atoms with Gasteiger partial charge in [-0.1, -0.05) is 11.6 Å². The first-order chi connectivity index (χ1) is 5.83. The van der Waals surface area contributed by atoms with Gasteiger partial charge in [0.2, 0.25) is 0 Å². The molecule has 1 rings (SSSR count). The minimum Gasteiger partial charge on any atom is -0.493 e. The summed E-state index contributed by atoms with van der Waals surface area (Å²) < 4.78 is 5.21. The van der Waals surface area contributed by atoms with Crippen LogP contribution < -0.4 is 4.74 Å². The van der Waals surface area contributed by atoms with Crippen LogP contribution in [0.5, 0.6) is 5.75 Å². The second kappa shape index (κ2) is 4.78. The molecule has 0 atom stereocenters. The molecule has 0 heterocycles. The third kappa shape index (κ3) is 2.93. The maximum atomic E-state index is 9.95. The average molecular weight is 185 g/mol. The van der Waals surface area contributed by atoms with E-state index in [0.29, 0.717) is 18.1 Å². The van der Waals surface area contributed by atoms with E-state index in [1.807, 2.05) is 0 Å². The molecule has 64 valence electrons. The lowest BCUT2D eigenvalue weighted by Gasteiger charge is -2.02. The Balaban J connectivity index is 2.42. The van der Waals surface area contributed by atoms with Gasteiger partial charge in [-0.15, -0.1) is 0 Å². The molecule has 0 saturated carbocycles. The number of hydrogen-bond donors (Lipinski definition) is 0. The Hall–Kier alpha value is -1.02. The standard InChI is InChI=1S/C9H9ClO2/c10-8-2-4-9(5-3-8)12-7-1-6-11/h2-6H,1,7H2. The van der Waals surface area contributed by atoms with E-state index in [-0.39, 0.29) is 0 Å². The summed E-state index contributed by atoms with van der Waals surface area (Å²) in [6.45, 7) is 0.422. The predicted molar refractivity (Wildman–Crippen MR) is 47.6 cm³/mol. The first-order valence-electron chi connectivity index (χ1n) is 3.65. The smallest absolute Gasteiger partial charge is 0.123 e. The molecule has 12 heavy (non-hydrogen) atoms. The molecule has 0 aliphatic rings. The van der Waals surface area contributed by atoms with Crippen LogP contribution in [0.2, 0.25) is 5.02 Å². The zero-order valence-electron chi connectivity index (χ0n) is 6.50. The quantitative estimate of drug-likeness (QED) is 0.530. The van der Waals surface area contributed by atoms with Gasteiger partial charge < -0.3 is 9.53 Å². The zero-order valence-corrected chi connectivity index (χ0v) is 7.25. The fourth-order valence-electron chi connectivity index (χ4n) is 0.756. The zero-order chi connectivity index (χ0) is 8.81. The van der Waals surface area contributed by atoms with Gasteiger partial charge in [0.05, 0.1) is 6.61 Å². The fourth-order valence-corrected chi connectivity index (χ4v) is 0.882. The lowest BCUT2D eigenvalue weighted by Crippen LogP contribution is -1.96. The van der Waals surface area contributed by atoms with Crippen LogP contribution in [0.3, 0.4) is 0 Å². The maximum Gasteiger partial charge on any atom is 0.123 e. The monoisotopic (exact) mass is 184 g/mol. The van der Waals surface area contributed by atoms with Crippen LogP contribution in [0, 0.1) is 0 Å². The summed E-state index contributed by atoms with van der Waals surface area (Å²) in [7, 11) is 0. The highest BCUT2D eigenvalue weighted by Gasteiger charge is 1.92. The van der Waals surface area contributed by atoms with Gasteiger partial charge in [0.15, 0.2) is 0 Å². The fraction of sp³-hybridized carbons (Fsp3) is 0.222. The van der Waals surface area contributed by atoms with E-state index in [2.05, 4.69) is 0 Å². The van der Waals surface area contributed by atoms with Crippen LogP contribution >= 0.6 is 11.6 Å². The summed E-state index contributed by atoms with van der Waals surface area (Å²) in [5.41, 5.74) is 0. The number of carbonyl (C=O) groups is 1. The number of carbonyl (C=O) groups excluding carboxylic acids is 1. The van der Waals surface area contributed by atoms with Crippen LogP contribution in [-0.2, 0) is 4.79 Å². The Morgan fingerprint density at radius 2 is 2.00 bits per heavy atom. The Labute approximate surface area is 76.1 Å². The van der Waals surface area contributed by atoms with Crippen LogP contribution in [0.25, 0.3) is 0 Å². The number of ether oxygens (including phenoxy) is 1. The van der Waals surface area contributed by atoms with Gasteiger partial charge in [-0.3, -0.25) is 0 Å². The van der Waals surface area contributed by atoms with Crippen LogP contribution in [0.1, 0.15) is 6.42 Å². The van der Waals surface area contributed by atoms with Gasteiger partial charge in [-0.25, -0.2) is 0 Å². The molecular weight excluding hydrogens is 176 g/mol. The molecule has 0 spiro atoms. The second-order valence-electron chi connectivity index (χ2n) is 2.26. The molecule has 0 radical (unpaired) electrons. The van der Waals surface area contributed by atoms with Crippen molar-refractivity contribution in [2.45, 2.75) is 6.42 Å². The summed E-state index contributed by atoms with van der Waals surface area (Å²) >= 11 is 5.66. The van der Waals surface area contributed by atoms with Crippen molar-refractivity contribution in [3.63, 3.8) is 0 Å². The van der Waals surface area contributed by atoms with Gasteiger partial charge in [0, 0.05) is 11.4 Å². The van der Waals surface area contributed by atoms with Crippen molar-refractivity contribution in [2.24, 2.45) is 0 Å². The first kappa shape index (κ1) is 9.07. The third-order valence-corrected chi connectivity index (χ3v) is 1.57. The normalized spacial score (nSPS) is 9.42. The number of halogens is 1. The lowest BCUT2D eigenvalue weighted by molar-refractivity contribution is -0.108. The predicted octanol–water partition coefficient (Wildman–Crippen LogP) is 2.31. The minimum absolute atomic E-state index is 0.419. The molecular formula is C9H9ClO2. The molecule has 0 aromatic heterocycles. The van der Waals surface area contributed by atoms with Crippen molar-refractivity contribution in [1.29, 1.82) is 0 Å². The van der Waals surface area contributed by atoms with Crippen molar-refractivity contribution in [3.05, 3.63) is 29.3 Å². The number of hydrogen-bond acceptors (Lipinski definition) is 2. The molecule has 0 amide bonds. The molecule has 1 aromatic carbocycles. The minimum atomic E-state index is 0.419. The molecule has 0 bridgehead atoms. The van der Waals surface area contributed by atoms with E-state index in [9.17, 15) is 4.79 Å². The summed E-state index contributed by atoms with van der Waals surface area (Å²) in [5.74, 6) is 0.737. The van der Waals surface area contributed by atoms with E-state index in [4.69, 9.17) is 16.3 Å². The summed E-state index contributed by atoms with van der Waals surface area (Å²) in [4.78, 5) is 9.95. The molecule has 3 heteroatoms. The molecule has 0 aliphatic heterocycles.